The topological polar surface area (TPSA) is 50.7 Å². The van der Waals surface area contributed by atoms with Gasteiger partial charge in [0.15, 0.2) is 11.5 Å². The van der Waals surface area contributed by atoms with Crippen molar-refractivity contribution in [2.45, 2.75) is 38.8 Å². The van der Waals surface area contributed by atoms with Crippen molar-refractivity contribution in [2.24, 2.45) is 0 Å². The Kier molecular flexibility index (Phi) is 5.95. The van der Waals surface area contributed by atoms with Crippen LogP contribution in [-0.2, 0) is 6.54 Å². The van der Waals surface area contributed by atoms with Gasteiger partial charge in [-0.25, -0.2) is 0 Å². The maximum atomic E-state index is 8.82. The van der Waals surface area contributed by atoms with Gasteiger partial charge in [0.25, 0.3) is 0 Å². The van der Waals surface area contributed by atoms with Gasteiger partial charge in [0.05, 0.1) is 18.2 Å². The molecule has 0 saturated carbocycles. The van der Waals surface area contributed by atoms with Gasteiger partial charge >= 0.3 is 0 Å². The molecule has 1 heterocycles. The summed E-state index contributed by atoms with van der Waals surface area (Å²) in [7, 11) is 0. The molecule has 2 N–H and O–H groups in total. The molecule has 2 rings (SSSR count). The molecule has 0 aliphatic carbocycles. The Morgan fingerprint density at radius 3 is 2.95 bits per heavy atom. The predicted octanol–water partition coefficient (Wildman–Crippen LogP) is 2.75. The number of nitrogens with one attached hydrogen (secondary N) is 1. The highest BCUT2D eigenvalue weighted by molar-refractivity contribution is 6.32. The molecule has 1 aromatic rings. The zero-order valence-electron chi connectivity index (χ0n) is 11.8. The molecule has 4 nitrogen and oxygen atoms in total. The lowest BCUT2D eigenvalue weighted by Gasteiger charge is -2.15. The van der Waals surface area contributed by atoms with E-state index in [0.29, 0.717) is 30.0 Å². The molecule has 0 amide bonds. The number of fused-ring (bicyclic) bond motifs is 1. The van der Waals surface area contributed by atoms with Gasteiger partial charge < -0.3 is 19.9 Å². The van der Waals surface area contributed by atoms with Crippen LogP contribution in [0.3, 0.4) is 0 Å². The summed E-state index contributed by atoms with van der Waals surface area (Å²) in [6.45, 7) is 4.38. The number of benzene rings is 1. The van der Waals surface area contributed by atoms with Crippen LogP contribution in [0, 0.1) is 0 Å². The van der Waals surface area contributed by atoms with E-state index in [1.54, 1.807) is 0 Å². The van der Waals surface area contributed by atoms with Crippen molar-refractivity contribution in [2.75, 3.05) is 19.8 Å². The Morgan fingerprint density at radius 1 is 1.35 bits per heavy atom. The molecule has 0 radical (unpaired) electrons. The smallest absolute Gasteiger partial charge is 0.179 e. The van der Waals surface area contributed by atoms with Crippen LogP contribution in [0.1, 0.15) is 31.7 Å². The molecule has 20 heavy (non-hydrogen) atoms. The van der Waals surface area contributed by atoms with Gasteiger partial charge in [0, 0.05) is 25.6 Å². The summed E-state index contributed by atoms with van der Waals surface area (Å²) in [5, 5.41) is 12.8. The molecular formula is C15H22ClNO3. The third kappa shape index (κ3) is 4.27. The number of rotatable bonds is 6. The number of aliphatic hydroxyl groups is 1. The van der Waals surface area contributed by atoms with E-state index in [1.807, 2.05) is 12.1 Å². The summed E-state index contributed by atoms with van der Waals surface area (Å²) >= 11 is 6.25. The van der Waals surface area contributed by atoms with E-state index in [2.05, 4.69) is 12.2 Å². The Morgan fingerprint density at radius 2 is 2.15 bits per heavy atom. The van der Waals surface area contributed by atoms with Gasteiger partial charge in [-0.15, -0.1) is 0 Å². The monoisotopic (exact) mass is 299 g/mol. The van der Waals surface area contributed by atoms with Crippen molar-refractivity contribution in [3.63, 3.8) is 0 Å². The maximum absolute atomic E-state index is 8.82. The van der Waals surface area contributed by atoms with Crippen molar-refractivity contribution in [3.8, 4) is 11.5 Å². The molecule has 0 fully saturated rings. The average molecular weight is 300 g/mol. The number of hydrogen-bond acceptors (Lipinski definition) is 4. The van der Waals surface area contributed by atoms with Gasteiger partial charge in [-0.05, 0) is 37.5 Å². The van der Waals surface area contributed by atoms with Crippen LogP contribution in [0.15, 0.2) is 12.1 Å². The van der Waals surface area contributed by atoms with E-state index in [0.717, 1.165) is 37.1 Å². The fourth-order valence-electron chi connectivity index (χ4n) is 2.18. The van der Waals surface area contributed by atoms with Crippen molar-refractivity contribution < 1.29 is 14.6 Å². The van der Waals surface area contributed by atoms with Gasteiger partial charge in [-0.1, -0.05) is 11.6 Å². The number of halogens is 1. The summed E-state index contributed by atoms with van der Waals surface area (Å²) in [5.41, 5.74) is 1.08. The predicted molar refractivity (Wildman–Crippen MR) is 79.7 cm³/mol. The molecule has 1 atom stereocenters. The number of ether oxygens (including phenoxy) is 2. The van der Waals surface area contributed by atoms with E-state index >= 15 is 0 Å². The highest BCUT2D eigenvalue weighted by atomic mass is 35.5. The molecule has 0 spiro atoms. The van der Waals surface area contributed by atoms with Gasteiger partial charge in [0.2, 0.25) is 0 Å². The summed E-state index contributed by atoms with van der Waals surface area (Å²) in [6, 6.07) is 4.26. The highest BCUT2D eigenvalue weighted by Crippen LogP contribution is 2.37. The first-order valence-electron chi connectivity index (χ1n) is 7.13. The third-order valence-corrected chi connectivity index (χ3v) is 3.59. The van der Waals surface area contributed by atoms with Crippen LogP contribution in [0.5, 0.6) is 11.5 Å². The molecule has 1 aliphatic rings. The summed E-state index contributed by atoms with van der Waals surface area (Å²) < 4.78 is 11.3. The lowest BCUT2D eigenvalue weighted by molar-refractivity contribution is 0.276. The second-order valence-electron chi connectivity index (χ2n) is 5.10. The van der Waals surface area contributed by atoms with Gasteiger partial charge in [-0.3, -0.25) is 0 Å². The fraction of sp³-hybridized carbons (Fsp3) is 0.600. The lowest BCUT2D eigenvalue weighted by Crippen LogP contribution is -2.25. The molecule has 0 aromatic heterocycles. The van der Waals surface area contributed by atoms with Crippen molar-refractivity contribution in [3.05, 3.63) is 22.7 Å². The van der Waals surface area contributed by atoms with E-state index in [4.69, 9.17) is 26.2 Å². The second-order valence-corrected chi connectivity index (χ2v) is 5.51. The van der Waals surface area contributed by atoms with Crippen LogP contribution in [0.25, 0.3) is 0 Å². The normalized spacial score (nSPS) is 15.8. The quantitative estimate of drug-likeness (QED) is 0.848. The Balaban J connectivity index is 1.98. The molecule has 0 saturated heterocycles. The van der Waals surface area contributed by atoms with Crippen molar-refractivity contribution in [1.29, 1.82) is 0 Å². The van der Waals surface area contributed by atoms with Crippen LogP contribution >= 0.6 is 11.6 Å². The largest absolute Gasteiger partial charge is 0.489 e. The number of hydrogen-bond donors (Lipinski definition) is 2. The molecule has 1 aromatic carbocycles. The van der Waals surface area contributed by atoms with Crippen molar-refractivity contribution in [1.82, 2.24) is 5.32 Å². The van der Waals surface area contributed by atoms with E-state index in [-0.39, 0.29) is 6.61 Å². The van der Waals surface area contributed by atoms with Crippen molar-refractivity contribution >= 4 is 11.6 Å². The van der Waals surface area contributed by atoms with E-state index in [1.165, 1.54) is 0 Å². The first kappa shape index (κ1) is 15.4. The van der Waals surface area contributed by atoms with Crippen LogP contribution in [0.4, 0.5) is 0 Å². The van der Waals surface area contributed by atoms with Gasteiger partial charge in [0.1, 0.15) is 0 Å². The Bertz CT molecular complexity index is 439. The van der Waals surface area contributed by atoms with Crippen LogP contribution in [-0.4, -0.2) is 31.0 Å². The standard InChI is InChI=1S/C15H22ClNO3/c1-11(4-2-5-18)17-10-12-8-13(16)15-14(9-12)19-6-3-7-20-15/h8-9,11,17-18H,2-7,10H2,1H3. The summed E-state index contributed by atoms with van der Waals surface area (Å²) in [4.78, 5) is 0. The first-order chi connectivity index (χ1) is 9.70. The fourth-order valence-corrected chi connectivity index (χ4v) is 2.47. The summed E-state index contributed by atoms with van der Waals surface area (Å²) in [6.07, 6.45) is 2.64. The minimum Gasteiger partial charge on any atom is -0.489 e. The van der Waals surface area contributed by atoms with E-state index in [9.17, 15) is 0 Å². The maximum Gasteiger partial charge on any atom is 0.179 e. The summed E-state index contributed by atoms with van der Waals surface area (Å²) in [5.74, 6) is 1.39. The second kappa shape index (κ2) is 7.72. The SMILES string of the molecule is CC(CCCO)NCc1cc(Cl)c2c(c1)OCCCO2. The zero-order valence-corrected chi connectivity index (χ0v) is 12.6. The lowest BCUT2D eigenvalue weighted by atomic mass is 10.1. The number of aliphatic hydroxyl groups excluding tert-OH is 1. The Hall–Kier alpha value is -0.970. The zero-order chi connectivity index (χ0) is 14.4. The molecule has 0 bridgehead atoms. The minimum absolute atomic E-state index is 0.238. The van der Waals surface area contributed by atoms with Gasteiger partial charge in [-0.2, -0.15) is 0 Å². The highest BCUT2D eigenvalue weighted by Gasteiger charge is 2.15. The first-order valence-corrected chi connectivity index (χ1v) is 7.50. The molecule has 112 valence electrons. The molecule has 1 aliphatic heterocycles. The van der Waals surface area contributed by atoms with E-state index < -0.39 is 0 Å². The minimum atomic E-state index is 0.238. The molecular weight excluding hydrogens is 278 g/mol. The Labute approximate surface area is 125 Å². The van der Waals surface area contributed by atoms with Crippen LogP contribution in [0.2, 0.25) is 5.02 Å². The molecule has 1 unspecified atom stereocenters. The van der Waals surface area contributed by atoms with Crippen LogP contribution < -0.4 is 14.8 Å². The average Bonchev–Trinajstić information content (AvgIpc) is 2.68. The molecule has 5 heteroatoms. The third-order valence-electron chi connectivity index (χ3n) is 3.31.